The van der Waals surface area contributed by atoms with Crippen LogP contribution in [0.25, 0.3) is 0 Å². The molecule has 0 spiro atoms. The summed E-state index contributed by atoms with van der Waals surface area (Å²) in [6, 6.07) is 11.4. The van der Waals surface area contributed by atoms with Crippen LogP contribution in [-0.4, -0.2) is 23.3 Å². The first-order chi connectivity index (χ1) is 11.2. The van der Waals surface area contributed by atoms with Crippen molar-refractivity contribution >= 4 is 10.0 Å². The highest BCUT2D eigenvalue weighted by atomic mass is 32.2. The lowest BCUT2D eigenvalue weighted by Gasteiger charge is -2.23. The van der Waals surface area contributed by atoms with Crippen molar-refractivity contribution < 1.29 is 8.42 Å². The van der Waals surface area contributed by atoms with Crippen molar-refractivity contribution in [2.45, 2.75) is 56.5 Å². The van der Waals surface area contributed by atoms with Gasteiger partial charge in [-0.25, -0.2) is 8.42 Å². The maximum absolute atomic E-state index is 13.1. The van der Waals surface area contributed by atoms with E-state index in [9.17, 15) is 8.42 Å². The normalized spacial score (nSPS) is 15.9. The van der Waals surface area contributed by atoms with Crippen molar-refractivity contribution in [2.24, 2.45) is 7.05 Å². The zero-order chi connectivity index (χ0) is 17.5. The minimum absolute atomic E-state index is 0.0154. The van der Waals surface area contributed by atoms with Crippen molar-refractivity contribution in [3.63, 3.8) is 0 Å². The van der Waals surface area contributed by atoms with Crippen LogP contribution in [0, 0.1) is 0 Å². The zero-order valence-corrected chi connectivity index (χ0v) is 15.7. The van der Waals surface area contributed by atoms with Gasteiger partial charge in [0.25, 0.3) is 0 Å². The Balaban J connectivity index is 1.90. The Morgan fingerprint density at radius 1 is 1.12 bits per heavy atom. The summed E-state index contributed by atoms with van der Waals surface area (Å²) in [5.74, 6) is 0. The maximum Gasteiger partial charge on any atom is 0.243 e. The molecule has 0 saturated heterocycles. The van der Waals surface area contributed by atoms with Crippen molar-refractivity contribution in [2.75, 3.05) is 0 Å². The molecule has 0 aliphatic heterocycles. The summed E-state index contributed by atoms with van der Waals surface area (Å²) in [4.78, 5) is 0.386. The smallest absolute Gasteiger partial charge is 0.243 e. The van der Waals surface area contributed by atoms with Crippen molar-refractivity contribution in [3.8, 4) is 0 Å². The van der Waals surface area contributed by atoms with E-state index < -0.39 is 10.0 Å². The van der Waals surface area contributed by atoms with Gasteiger partial charge in [0.05, 0.1) is 11.4 Å². The van der Waals surface area contributed by atoms with E-state index in [-0.39, 0.29) is 11.5 Å². The molecule has 1 fully saturated rings. The Morgan fingerprint density at radius 2 is 1.75 bits per heavy atom. The van der Waals surface area contributed by atoms with E-state index >= 15 is 0 Å². The first kappa shape index (κ1) is 17.2. The molecule has 0 unspecified atom stereocenters. The first-order valence-electron chi connectivity index (χ1n) is 8.42. The summed E-state index contributed by atoms with van der Waals surface area (Å²) in [6.45, 7) is 6.81. The number of hydrogen-bond acceptors (Lipinski definition) is 2. The summed E-state index contributed by atoms with van der Waals surface area (Å²) in [5, 5.41) is 0. The molecule has 1 aliphatic carbocycles. The molecule has 0 radical (unpaired) electrons. The second-order valence-corrected chi connectivity index (χ2v) is 9.56. The lowest BCUT2D eigenvalue weighted by molar-refractivity contribution is 0.390. The Kier molecular flexibility index (Phi) is 4.34. The molecule has 5 heteroatoms. The summed E-state index contributed by atoms with van der Waals surface area (Å²) in [6.07, 6.45) is 3.85. The number of nitrogens with zero attached hydrogens (tertiary/aromatic N) is 2. The van der Waals surface area contributed by atoms with E-state index in [1.165, 1.54) is 0 Å². The zero-order valence-electron chi connectivity index (χ0n) is 14.9. The third-order valence-electron chi connectivity index (χ3n) is 4.65. The Morgan fingerprint density at radius 3 is 2.21 bits per heavy atom. The molecule has 24 heavy (non-hydrogen) atoms. The largest absolute Gasteiger partial charge is 0.353 e. The second-order valence-electron chi connectivity index (χ2n) is 7.67. The Bertz CT molecular complexity index is 810. The lowest BCUT2D eigenvalue weighted by Crippen LogP contribution is -2.33. The van der Waals surface area contributed by atoms with Crippen LogP contribution in [0.2, 0.25) is 0 Å². The van der Waals surface area contributed by atoms with Gasteiger partial charge >= 0.3 is 0 Å². The highest BCUT2D eigenvalue weighted by molar-refractivity contribution is 7.89. The van der Waals surface area contributed by atoms with Crippen molar-refractivity contribution in [3.05, 3.63) is 53.9 Å². The van der Waals surface area contributed by atoms with Crippen LogP contribution in [0.1, 0.15) is 44.9 Å². The minimum Gasteiger partial charge on any atom is -0.353 e. The van der Waals surface area contributed by atoms with Crippen LogP contribution < -0.4 is 0 Å². The average Bonchev–Trinajstić information content (AvgIpc) is 3.27. The van der Waals surface area contributed by atoms with E-state index in [4.69, 9.17) is 0 Å². The number of aryl methyl sites for hydroxylation is 1. The monoisotopic (exact) mass is 346 g/mol. The van der Waals surface area contributed by atoms with Crippen LogP contribution >= 0.6 is 0 Å². The van der Waals surface area contributed by atoms with Crippen molar-refractivity contribution in [1.29, 1.82) is 0 Å². The lowest BCUT2D eigenvalue weighted by atomic mass is 9.87. The standard InChI is InChI=1S/C19H26N2O2S/c1-19(2,3)15-7-11-18(12-8-15)24(22,23)21(16-9-10-16)14-17-6-5-13-20(17)4/h5-8,11-13,16H,9-10,14H2,1-4H3. The maximum atomic E-state index is 13.1. The fourth-order valence-corrected chi connectivity index (χ4v) is 4.51. The predicted molar refractivity (Wildman–Crippen MR) is 96.3 cm³/mol. The molecule has 0 bridgehead atoms. The van der Waals surface area contributed by atoms with Crippen LogP contribution in [0.5, 0.6) is 0 Å². The molecule has 0 amide bonds. The van der Waals surface area contributed by atoms with E-state index in [0.29, 0.717) is 11.4 Å². The van der Waals surface area contributed by atoms with Crippen LogP contribution in [-0.2, 0) is 29.0 Å². The Labute approximate surface area is 145 Å². The van der Waals surface area contributed by atoms with Crippen LogP contribution in [0.15, 0.2) is 47.5 Å². The molecule has 3 rings (SSSR count). The molecule has 130 valence electrons. The third kappa shape index (κ3) is 3.42. The predicted octanol–water partition coefficient (Wildman–Crippen LogP) is 3.68. The number of benzene rings is 1. The SMILES string of the molecule is Cn1cccc1CN(C1CC1)S(=O)(=O)c1ccc(C(C)(C)C)cc1. The molecule has 2 aromatic rings. The van der Waals surface area contributed by atoms with Crippen LogP contribution in [0.3, 0.4) is 0 Å². The summed E-state index contributed by atoms with van der Waals surface area (Å²) in [5.41, 5.74) is 2.17. The van der Waals surface area contributed by atoms with E-state index in [0.717, 1.165) is 24.1 Å². The van der Waals surface area contributed by atoms with Crippen LogP contribution in [0.4, 0.5) is 0 Å². The Hall–Kier alpha value is -1.59. The number of rotatable bonds is 5. The van der Waals surface area contributed by atoms with Gasteiger partial charge in [0.2, 0.25) is 10.0 Å². The highest BCUT2D eigenvalue weighted by Gasteiger charge is 2.38. The number of hydrogen-bond donors (Lipinski definition) is 0. The molecular weight excluding hydrogens is 320 g/mol. The van der Waals surface area contributed by atoms with Gasteiger partial charge in [-0.1, -0.05) is 32.9 Å². The fourth-order valence-electron chi connectivity index (χ4n) is 2.86. The molecule has 0 atom stereocenters. The average molecular weight is 346 g/mol. The molecule has 1 aliphatic rings. The van der Waals surface area contributed by atoms with Gasteiger partial charge in [-0.2, -0.15) is 4.31 Å². The van der Waals surface area contributed by atoms with Gasteiger partial charge < -0.3 is 4.57 Å². The number of aromatic nitrogens is 1. The molecule has 4 nitrogen and oxygen atoms in total. The van der Waals surface area contributed by atoms with Crippen molar-refractivity contribution in [1.82, 2.24) is 8.87 Å². The van der Waals surface area contributed by atoms with E-state index in [1.807, 2.05) is 42.1 Å². The van der Waals surface area contributed by atoms with Gasteiger partial charge in [-0.3, -0.25) is 0 Å². The van der Waals surface area contributed by atoms with Gasteiger partial charge in [0.1, 0.15) is 0 Å². The second kappa shape index (κ2) is 6.05. The number of sulfonamides is 1. The van der Waals surface area contributed by atoms with E-state index in [1.54, 1.807) is 16.4 Å². The summed E-state index contributed by atoms with van der Waals surface area (Å²) in [7, 11) is -1.52. The van der Waals surface area contributed by atoms with Gasteiger partial charge in [0.15, 0.2) is 0 Å². The fraction of sp³-hybridized carbons (Fsp3) is 0.474. The van der Waals surface area contributed by atoms with E-state index in [2.05, 4.69) is 20.8 Å². The molecule has 1 heterocycles. The highest BCUT2D eigenvalue weighted by Crippen LogP contribution is 2.34. The van der Waals surface area contributed by atoms with Gasteiger partial charge in [-0.15, -0.1) is 0 Å². The van der Waals surface area contributed by atoms with Gasteiger partial charge in [-0.05, 0) is 48.1 Å². The third-order valence-corrected chi connectivity index (χ3v) is 6.56. The molecule has 1 saturated carbocycles. The van der Waals surface area contributed by atoms with Gasteiger partial charge in [0, 0.05) is 25.0 Å². The molecule has 1 aromatic heterocycles. The summed E-state index contributed by atoms with van der Waals surface area (Å²) >= 11 is 0. The minimum atomic E-state index is -3.47. The molecular formula is C19H26N2O2S. The summed E-state index contributed by atoms with van der Waals surface area (Å²) < 4.78 is 29.9. The first-order valence-corrected chi connectivity index (χ1v) is 9.86. The molecule has 0 N–H and O–H groups in total. The molecule has 1 aromatic carbocycles. The topological polar surface area (TPSA) is 42.3 Å². The quantitative estimate of drug-likeness (QED) is 0.829.